The topological polar surface area (TPSA) is 59.6 Å². The highest BCUT2D eigenvalue weighted by atomic mass is 32.1. The van der Waals surface area contributed by atoms with Gasteiger partial charge in [-0.3, -0.25) is 10.1 Å². The van der Waals surface area contributed by atoms with Crippen LogP contribution in [-0.4, -0.2) is 30.3 Å². The zero-order valence-corrected chi connectivity index (χ0v) is 14.1. The van der Waals surface area contributed by atoms with Crippen LogP contribution in [0.4, 0.5) is 0 Å². The van der Waals surface area contributed by atoms with Crippen molar-refractivity contribution in [1.29, 1.82) is 0 Å². The zero-order valence-electron chi connectivity index (χ0n) is 13.2. The highest BCUT2D eigenvalue weighted by Crippen LogP contribution is 2.30. The maximum atomic E-state index is 12.1. The van der Waals surface area contributed by atoms with E-state index in [0.717, 1.165) is 11.3 Å². The molecule has 1 heterocycles. The predicted molar refractivity (Wildman–Crippen MR) is 95.6 cm³/mol. The standard InChI is InChI=1S/C18H18N2O3S/c1-12-6-8-13(9-7-12)17(21)20-18(24)19-10-14-11-22-15-4-2-3-5-16(15)23-14/h2-9,14H,10-11H2,1H3,(H2,19,20,21,24)/t14-/m0/s1. The molecule has 2 aromatic carbocycles. The Morgan fingerprint density at radius 3 is 2.62 bits per heavy atom. The van der Waals surface area contributed by atoms with Crippen molar-refractivity contribution >= 4 is 23.2 Å². The summed E-state index contributed by atoms with van der Waals surface area (Å²) in [6, 6.07) is 14.8. The van der Waals surface area contributed by atoms with E-state index in [2.05, 4.69) is 10.6 Å². The molecule has 1 atom stereocenters. The molecule has 0 aliphatic carbocycles. The first-order valence-corrected chi connectivity index (χ1v) is 8.07. The number of benzene rings is 2. The molecule has 6 heteroatoms. The average molecular weight is 342 g/mol. The summed E-state index contributed by atoms with van der Waals surface area (Å²) in [5, 5.41) is 5.92. The van der Waals surface area contributed by atoms with Gasteiger partial charge in [0.2, 0.25) is 0 Å². The molecular formula is C18H18N2O3S. The number of thiocarbonyl (C=S) groups is 1. The van der Waals surface area contributed by atoms with Gasteiger partial charge in [-0.05, 0) is 43.4 Å². The van der Waals surface area contributed by atoms with Crippen LogP contribution in [0.15, 0.2) is 48.5 Å². The Labute approximate surface area is 146 Å². The molecule has 0 saturated heterocycles. The SMILES string of the molecule is Cc1ccc(C(=O)NC(=S)NC[C@H]2COc3ccccc3O2)cc1. The molecule has 5 nitrogen and oxygen atoms in total. The molecule has 0 saturated carbocycles. The molecule has 3 rings (SSSR count). The van der Waals surface area contributed by atoms with Crippen molar-refractivity contribution in [3.8, 4) is 11.5 Å². The van der Waals surface area contributed by atoms with Crippen LogP contribution in [0, 0.1) is 6.92 Å². The predicted octanol–water partition coefficient (Wildman–Crippen LogP) is 2.44. The first-order chi connectivity index (χ1) is 11.6. The van der Waals surface area contributed by atoms with E-state index in [0.29, 0.717) is 24.5 Å². The molecule has 1 aliphatic heterocycles. The first-order valence-electron chi connectivity index (χ1n) is 7.66. The summed E-state index contributed by atoms with van der Waals surface area (Å²) in [5.74, 6) is 1.22. The molecule has 0 bridgehead atoms. The summed E-state index contributed by atoms with van der Waals surface area (Å²) in [4.78, 5) is 12.1. The molecule has 0 radical (unpaired) electrons. The van der Waals surface area contributed by atoms with E-state index in [4.69, 9.17) is 21.7 Å². The highest BCUT2D eigenvalue weighted by molar-refractivity contribution is 7.80. The second-order valence-corrected chi connectivity index (χ2v) is 5.94. The molecule has 1 amide bonds. The lowest BCUT2D eigenvalue weighted by Gasteiger charge is -2.26. The molecule has 0 unspecified atom stereocenters. The van der Waals surface area contributed by atoms with Gasteiger partial charge in [-0.15, -0.1) is 0 Å². The minimum absolute atomic E-state index is 0.172. The minimum Gasteiger partial charge on any atom is -0.486 e. The molecular weight excluding hydrogens is 324 g/mol. The number of hydrogen-bond acceptors (Lipinski definition) is 4. The van der Waals surface area contributed by atoms with Gasteiger partial charge in [0.1, 0.15) is 12.7 Å². The Balaban J connectivity index is 1.48. The van der Waals surface area contributed by atoms with Gasteiger partial charge in [-0.2, -0.15) is 0 Å². The van der Waals surface area contributed by atoms with Crippen molar-refractivity contribution in [3.63, 3.8) is 0 Å². The maximum Gasteiger partial charge on any atom is 0.257 e. The second-order valence-electron chi connectivity index (χ2n) is 5.53. The van der Waals surface area contributed by atoms with Gasteiger partial charge >= 0.3 is 0 Å². The van der Waals surface area contributed by atoms with Crippen molar-refractivity contribution in [2.45, 2.75) is 13.0 Å². The summed E-state index contributed by atoms with van der Waals surface area (Å²) in [5.41, 5.74) is 1.66. The largest absolute Gasteiger partial charge is 0.486 e. The normalized spacial score (nSPS) is 15.5. The van der Waals surface area contributed by atoms with Gasteiger partial charge in [0.25, 0.3) is 5.91 Å². The Hall–Kier alpha value is -2.60. The van der Waals surface area contributed by atoms with Crippen molar-refractivity contribution in [2.24, 2.45) is 0 Å². The van der Waals surface area contributed by atoms with E-state index in [1.54, 1.807) is 12.1 Å². The lowest BCUT2D eigenvalue weighted by atomic mass is 10.1. The van der Waals surface area contributed by atoms with Gasteiger partial charge in [0.15, 0.2) is 16.6 Å². The molecule has 0 aromatic heterocycles. The van der Waals surface area contributed by atoms with Crippen LogP contribution in [0.3, 0.4) is 0 Å². The van der Waals surface area contributed by atoms with Crippen LogP contribution < -0.4 is 20.1 Å². The van der Waals surface area contributed by atoms with Gasteiger partial charge in [0, 0.05) is 5.56 Å². The maximum absolute atomic E-state index is 12.1. The van der Waals surface area contributed by atoms with E-state index >= 15 is 0 Å². The number of amides is 1. The molecule has 0 fully saturated rings. The summed E-state index contributed by atoms with van der Waals surface area (Å²) in [7, 11) is 0. The molecule has 0 spiro atoms. The number of aryl methyl sites for hydroxylation is 1. The van der Waals surface area contributed by atoms with Crippen LogP contribution in [0.5, 0.6) is 11.5 Å². The van der Waals surface area contributed by atoms with Crippen LogP contribution in [0.1, 0.15) is 15.9 Å². The van der Waals surface area contributed by atoms with Gasteiger partial charge in [-0.1, -0.05) is 29.8 Å². The Bertz CT molecular complexity index is 746. The molecule has 2 aromatic rings. The van der Waals surface area contributed by atoms with Crippen molar-refractivity contribution < 1.29 is 14.3 Å². The molecule has 1 aliphatic rings. The quantitative estimate of drug-likeness (QED) is 0.839. The number of carbonyl (C=O) groups is 1. The van der Waals surface area contributed by atoms with Crippen molar-refractivity contribution in [3.05, 3.63) is 59.7 Å². The van der Waals surface area contributed by atoms with Crippen LogP contribution in [0.2, 0.25) is 0 Å². The third-order valence-electron chi connectivity index (χ3n) is 3.60. The lowest BCUT2D eigenvalue weighted by Crippen LogP contribution is -2.45. The molecule has 2 N–H and O–H groups in total. The Kier molecular flexibility index (Phi) is 4.96. The molecule has 24 heavy (non-hydrogen) atoms. The van der Waals surface area contributed by atoms with E-state index in [1.807, 2.05) is 43.3 Å². The van der Waals surface area contributed by atoms with E-state index in [1.165, 1.54) is 0 Å². The molecule has 124 valence electrons. The fourth-order valence-electron chi connectivity index (χ4n) is 2.29. The summed E-state index contributed by atoms with van der Waals surface area (Å²) >= 11 is 5.16. The Morgan fingerprint density at radius 2 is 1.88 bits per heavy atom. The zero-order chi connectivity index (χ0) is 16.9. The third kappa shape index (κ3) is 4.02. The van der Waals surface area contributed by atoms with Crippen molar-refractivity contribution in [2.75, 3.05) is 13.2 Å². The smallest absolute Gasteiger partial charge is 0.257 e. The number of fused-ring (bicyclic) bond motifs is 1. The van der Waals surface area contributed by atoms with Crippen LogP contribution in [-0.2, 0) is 0 Å². The summed E-state index contributed by atoms with van der Waals surface area (Å²) in [6.07, 6.45) is -0.172. The first kappa shape index (κ1) is 16.3. The van der Waals surface area contributed by atoms with E-state index in [9.17, 15) is 4.79 Å². The number of rotatable bonds is 3. The second kappa shape index (κ2) is 7.31. The fraction of sp³-hybridized carbons (Fsp3) is 0.222. The van der Waals surface area contributed by atoms with E-state index < -0.39 is 0 Å². The minimum atomic E-state index is -0.237. The van der Waals surface area contributed by atoms with Crippen molar-refractivity contribution in [1.82, 2.24) is 10.6 Å². The van der Waals surface area contributed by atoms with Crippen LogP contribution in [0.25, 0.3) is 0 Å². The fourth-order valence-corrected chi connectivity index (χ4v) is 2.47. The number of ether oxygens (including phenoxy) is 2. The summed E-state index contributed by atoms with van der Waals surface area (Å²) in [6.45, 7) is 2.85. The van der Waals surface area contributed by atoms with Gasteiger partial charge < -0.3 is 14.8 Å². The summed E-state index contributed by atoms with van der Waals surface area (Å²) < 4.78 is 11.5. The highest BCUT2D eigenvalue weighted by Gasteiger charge is 2.20. The average Bonchev–Trinajstić information content (AvgIpc) is 2.60. The van der Waals surface area contributed by atoms with Gasteiger partial charge in [0.05, 0.1) is 6.54 Å². The number of hydrogen-bond donors (Lipinski definition) is 2. The van der Waals surface area contributed by atoms with E-state index in [-0.39, 0.29) is 17.1 Å². The van der Waals surface area contributed by atoms with Crippen LogP contribution >= 0.6 is 12.2 Å². The number of para-hydroxylation sites is 2. The monoisotopic (exact) mass is 342 g/mol. The van der Waals surface area contributed by atoms with Gasteiger partial charge in [-0.25, -0.2) is 0 Å². The third-order valence-corrected chi connectivity index (χ3v) is 3.85. The Morgan fingerprint density at radius 1 is 1.17 bits per heavy atom. The number of nitrogens with one attached hydrogen (secondary N) is 2. The number of carbonyl (C=O) groups excluding carboxylic acids is 1. The lowest BCUT2D eigenvalue weighted by molar-refractivity contribution is 0.0928.